The number of aryl methyl sites for hydroxylation is 1. The summed E-state index contributed by atoms with van der Waals surface area (Å²) in [7, 11) is 0. The zero-order chi connectivity index (χ0) is 14.0. The van der Waals surface area contributed by atoms with Crippen molar-refractivity contribution in [2.24, 2.45) is 5.73 Å². The van der Waals surface area contributed by atoms with Crippen LogP contribution in [-0.2, 0) is 0 Å². The van der Waals surface area contributed by atoms with Gasteiger partial charge in [-0.15, -0.1) is 0 Å². The zero-order valence-corrected chi connectivity index (χ0v) is 11.8. The molecule has 3 N–H and O–H groups in total. The Labute approximate surface area is 118 Å². The second-order valence-corrected chi connectivity index (χ2v) is 5.01. The van der Waals surface area contributed by atoms with E-state index in [1.807, 2.05) is 13.0 Å². The molecule has 19 heavy (non-hydrogen) atoms. The van der Waals surface area contributed by atoms with Crippen molar-refractivity contribution in [3.8, 4) is 11.5 Å². The van der Waals surface area contributed by atoms with Crippen LogP contribution < -0.4 is 10.5 Å². The topological polar surface area (TPSA) is 59.1 Å². The van der Waals surface area contributed by atoms with E-state index in [1.54, 1.807) is 18.2 Å². The summed E-state index contributed by atoms with van der Waals surface area (Å²) in [6.45, 7) is 1.88. The van der Waals surface area contributed by atoms with Gasteiger partial charge in [0.25, 0.3) is 0 Å². The first kappa shape index (κ1) is 13.5. The molecule has 2 aromatic rings. The van der Waals surface area contributed by atoms with Gasteiger partial charge in [-0.3, -0.25) is 5.41 Å². The number of nitrogens with two attached hydrogens (primary N) is 1. The number of amidine groups is 1. The third-order valence-corrected chi connectivity index (χ3v) is 3.03. The molecule has 0 aromatic heterocycles. The fourth-order valence-electron chi connectivity index (χ4n) is 1.61. The first-order valence-electron chi connectivity index (χ1n) is 5.55. The summed E-state index contributed by atoms with van der Waals surface area (Å²) in [5.41, 5.74) is 6.86. The van der Waals surface area contributed by atoms with Crippen molar-refractivity contribution in [2.75, 3.05) is 0 Å². The molecule has 0 saturated heterocycles. The van der Waals surface area contributed by atoms with Crippen LogP contribution in [0.25, 0.3) is 0 Å². The summed E-state index contributed by atoms with van der Waals surface area (Å²) in [6, 6.07) is 9.65. The van der Waals surface area contributed by atoms with E-state index in [-0.39, 0.29) is 11.6 Å². The van der Waals surface area contributed by atoms with Crippen molar-refractivity contribution in [2.45, 2.75) is 6.92 Å². The molecule has 0 heterocycles. The predicted molar refractivity (Wildman–Crippen MR) is 76.4 cm³/mol. The summed E-state index contributed by atoms with van der Waals surface area (Å²) in [5, 5.41) is 7.50. The minimum Gasteiger partial charge on any atom is -0.453 e. The van der Waals surface area contributed by atoms with Gasteiger partial charge in [0.15, 0.2) is 11.6 Å². The van der Waals surface area contributed by atoms with E-state index in [9.17, 15) is 4.39 Å². The van der Waals surface area contributed by atoms with Gasteiger partial charge < -0.3 is 10.5 Å². The molecule has 98 valence electrons. The molecular weight excluding hydrogens is 311 g/mol. The molecule has 0 saturated carbocycles. The molecule has 0 radical (unpaired) electrons. The van der Waals surface area contributed by atoms with Crippen molar-refractivity contribution < 1.29 is 9.13 Å². The third kappa shape index (κ3) is 3.12. The predicted octanol–water partition coefficient (Wildman–Crippen LogP) is 3.97. The SMILES string of the molecule is Cc1ccc(C(=N)N)c(Oc2cc(Br)ccc2F)c1. The summed E-state index contributed by atoms with van der Waals surface area (Å²) in [4.78, 5) is 0. The van der Waals surface area contributed by atoms with Gasteiger partial charge in [-0.2, -0.15) is 0 Å². The van der Waals surface area contributed by atoms with E-state index >= 15 is 0 Å². The van der Waals surface area contributed by atoms with E-state index in [0.717, 1.165) is 5.56 Å². The molecule has 5 heteroatoms. The summed E-state index contributed by atoms with van der Waals surface area (Å²) in [5.74, 6) is -0.142. The van der Waals surface area contributed by atoms with Crippen molar-refractivity contribution in [3.05, 3.63) is 57.8 Å². The monoisotopic (exact) mass is 322 g/mol. The number of hydrogen-bond donors (Lipinski definition) is 2. The van der Waals surface area contributed by atoms with Gasteiger partial charge in [0.1, 0.15) is 11.6 Å². The lowest BCUT2D eigenvalue weighted by Crippen LogP contribution is -2.12. The maximum atomic E-state index is 13.7. The highest BCUT2D eigenvalue weighted by Gasteiger charge is 2.11. The molecule has 0 aliphatic rings. The molecule has 0 amide bonds. The van der Waals surface area contributed by atoms with Gasteiger partial charge >= 0.3 is 0 Å². The van der Waals surface area contributed by atoms with Crippen LogP contribution in [0.5, 0.6) is 11.5 Å². The average molecular weight is 323 g/mol. The highest BCUT2D eigenvalue weighted by Crippen LogP contribution is 2.30. The van der Waals surface area contributed by atoms with Gasteiger partial charge in [0.05, 0.1) is 5.56 Å². The third-order valence-electron chi connectivity index (χ3n) is 2.54. The molecule has 0 aliphatic heterocycles. The molecule has 0 spiro atoms. The van der Waals surface area contributed by atoms with Crippen molar-refractivity contribution in [1.29, 1.82) is 5.41 Å². The van der Waals surface area contributed by atoms with Gasteiger partial charge in [0.2, 0.25) is 0 Å². The first-order valence-corrected chi connectivity index (χ1v) is 6.34. The molecule has 0 bridgehead atoms. The Balaban J connectivity index is 2.45. The zero-order valence-electron chi connectivity index (χ0n) is 10.2. The van der Waals surface area contributed by atoms with Gasteiger partial charge in [-0.1, -0.05) is 22.0 Å². The Morgan fingerprint density at radius 3 is 2.63 bits per heavy atom. The Hall–Kier alpha value is -1.88. The standard InChI is InChI=1S/C14H12BrFN2O/c1-8-2-4-10(14(17)18)12(6-8)19-13-7-9(15)3-5-11(13)16/h2-7H,1H3,(H3,17,18). The van der Waals surface area contributed by atoms with Crippen LogP contribution in [0.2, 0.25) is 0 Å². The molecule has 2 rings (SSSR count). The highest BCUT2D eigenvalue weighted by molar-refractivity contribution is 9.10. The van der Waals surface area contributed by atoms with E-state index < -0.39 is 5.82 Å². The Kier molecular flexibility index (Phi) is 3.85. The quantitative estimate of drug-likeness (QED) is 0.663. The molecule has 2 aromatic carbocycles. The largest absolute Gasteiger partial charge is 0.453 e. The number of halogens is 2. The number of ether oxygens (including phenoxy) is 1. The number of hydrogen-bond acceptors (Lipinski definition) is 2. The van der Waals surface area contributed by atoms with Crippen LogP contribution in [0, 0.1) is 18.2 Å². The number of nitrogen functional groups attached to an aromatic ring is 1. The molecular formula is C14H12BrFN2O. The van der Waals surface area contributed by atoms with Crippen LogP contribution in [0.4, 0.5) is 4.39 Å². The fraction of sp³-hybridized carbons (Fsp3) is 0.0714. The number of rotatable bonds is 3. The molecule has 3 nitrogen and oxygen atoms in total. The summed E-state index contributed by atoms with van der Waals surface area (Å²) >= 11 is 3.26. The maximum absolute atomic E-state index is 13.7. The average Bonchev–Trinajstić information content (AvgIpc) is 2.33. The Bertz CT molecular complexity index is 643. The van der Waals surface area contributed by atoms with Crippen molar-refractivity contribution in [1.82, 2.24) is 0 Å². The minimum atomic E-state index is -0.473. The van der Waals surface area contributed by atoms with Crippen LogP contribution >= 0.6 is 15.9 Å². The summed E-state index contributed by atoms with van der Waals surface area (Å²) < 4.78 is 19.9. The molecule has 0 unspecified atom stereocenters. The Morgan fingerprint density at radius 2 is 1.95 bits per heavy atom. The first-order chi connectivity index (χ1) is 8.97. The molecule has 0 aliphatic carbocycles. The maximum Gasteiger partial charge on any atom is 0.165 e. The lowest BCUT2D eigenvalue weighted by molar-refractivity contribution is 0.441. The number of benzene rings is 2. The summed E-state index contributed by atoms with van der Waals surface area (Å²) in [6.07, 6.45) is 0. The second-order valence-electron chi connectivity index (χ2n) is 4.09. The van der Waals surface area contributed by atoms with Crippen LogP contribution in [0.3, 0.4) is 0 Å². The van der Waals surface area contributed by atoms with Gasteiger partial charge in [-0.25, -0.2) is 4.39 Å². The smallest absolute Gasteiger partial charge is 0.165 e. The van der Waals surface area contributed by atoms with Crippen LogP contribution in [0.15, 0.2) is 40.9 Å². The number of nitrogens with one attached hydrogen (secondary N) is 1. The molecule has 0 fully saturated rings. The van der Waals surface area contributed by atoms with E-state index in [1.165, 1.54) is 12.1 Å². The van der Waals surface area contributed by atoms with E-state index in [2.05, 4.69) is 15.9 Å². The normalized spacial score (nSPS) is 10.3. The van der Waals surface area contributed by atoms with Crippen molar-refractivity contribution in [3.63, 3.8) is 0 Å². The molecule has 0 atom stereocenters. The minimum absolute atomic E-state index is 0.0856. The highest BCUT2D eigenvalue weighted by atomic mass is 79.9. The van der Waals surface area contributed by atoms with E-state index in [4.69, 9.17) is 15.9 Å². The lowest BCUT2D eigenvalue weighted by Gasteiger charge is -2.12. The van der Waals surface area contributed by atoms with E-state index in [0.29, 0.717) is 15.8 Å². The lowest BCUT2D eigenvalue weighted by atomic mass is 10.1. The second kappa shape index (κ2) is 5.40. The van der Waals surface area contributed by atoms with Crippen LogP contribution in [0.1, 0.15) is 11.1 Å². The van der Waals surface area contributed by atoms with Gasteiger partial charge in [0, 0.05) is 4.47 Å². The fourth-order valence-corrected chi connectivity index (χ4v) is 1.95. The van der Waals surface area contributed by atoms with Crippen molar-refractivity contribution >= 4 is 21.8 Å². The van der Waals surface area contributed by atoms with Gasteiger partial charge in [-0.05, 0) is 42.8 Å². The van der Waals surface area contributed by atoms with Crippen LogP contribution in [-0.4, -0.2) is 5.84 Å². The Morgan fingerprint density at radius 1 is 1.21 bits per heavy atom.